The lowest BCUT2D eigenvalue weighted by atomic mass is 10.1. The number of aryl methyl sites for hydroxylation is 3. The van der Waals surface area contributed by atoms with Crippen molar-refractivity contribution in [2.75, 3.05) is 11.9 Å². The number of rotatable bonds is 11. The second kappa shape index (κ2) is 12.1. The fourth-order valence-corrected chi connectivity index (χ4v) is 6.38. The Hall–Kier alpha value is -4.29. The number of nitrogens with zero attached hydrogens (tertiary/aromatic N) is 2. The third kappa shape index (κ3) is 7.08. The van der Waals surface area contributed by atoms with Crippen molar-refractivity contribution in [3.63, 3.8) is 0 Å². The van der Waals surface area contributed by atoms with Crippen LogP contribution in [0.3, 0.4) is 0 Å². The van der Waals surface area contributed by atoms with Crippen LogP contribution in [0.15, 0.2) is 65.8 Å². The summed E-state index contributed by atoms with van der Waals surface area (Å²) in [5.74, 6) is -0.946. The van der Waals surface area contributed by atoms with Crippen molar-refractivity contribution in [3.05, 3.63) is 83.2 Å². The highest BCUT2D eigenvalue weighted by Crippen LogP contribution is 2.24. The number of aromatic amines is 1. The van der Waals surface area contributed by atoms with Crippen LogP contribution in [0.25, 0.3) is 10.9 Å². The van der Waals surface area contributed by atoms with Gasteiger partial charge in [-0.1, -0.05) is 23.8 Å². The average Bonchev–Trinajstić information content (AvgIpc) is 3.36. The number of carbonyl (C=O) groups excluding carboxylic acids is 2. The van der Waals surface area contributed by atoms with E-state index in [4.69, 9.17) is 4.74 Å². The molecule has 11 nitrogen and oxygen atoms in total. The number of pyridine rings is 1. The fraction of sp³-hybridized carbons (Fsp3) is 0.310. The number of amides is 1. The molecule has 41 heavy (non-hydrogen) atoms. The van der Waals surface area contributed by atoms with Crippen molar-refractivity contribution >= 4 is 38.6 Å². The monoisotopic (exact) mass is 578 g/mol. The zero-order valence-corrected chi connectivity index (χ0v) is 24.4. The summed E-state index contributed by atoms with van der Waals surface area (Å²) in [4.78, 5) is 31.1. The standard InChI is InChI=1S/C29H34N6O5S/c1-18-14-19(2)26(20(3)15-18)41(38,39)35-29(5,33-27(36)22-9-10-24-23(16-22)17-32-34-24)28(37)40-21(4)11-13-31-25-8-6-7-12-30-25/h6-10,12,14-17,21,35H,11,13H2,1-5H3,(H,30,31)(H,32,34)(H,33,36)/t21?,29-/m0/s1. The number of hydrogen-bond acceptors (Lipinski definition) is 8. The summed E-state index contributed by atoms with van der Waals surface area (Å²) in [7, 11) is -4.28. The molecular formula is C29H34N6O5S. The topological polar surface area (TPSA) is 155 Å². The first kappa shape index (κ1) is 29.7. The summed E-state index contributed by atoms with van der Waals surface area (Å²) in [6, 6.07) is 13.8. The highest BCUT2D eigenvalue weighted by atomic mass is 32.2. The molecule has 216 valence electrons. The summed E-state index contributed by atoms with van der Waals surface area (Å²) in [6.07, 6.45) is 3.02. The van der Waals surface area contributed by atoms with E-state index in [1.807, 2.05) is 19.1 Å². The Morgan fingerprint density at radius 2 is 1.80 bits per heavy atom. The van der Waals surface area contributed by atoms with Gasteiger partial charge in [-0.05, 0) is 76.1 Å². The maximum Gasteiger partial charge on any atom is 0.348 e. The second-order valence-electron chi connectivity index (χ2n) is 10.2. The normalized spacial score (nSPS) is 13.8. The number of hydrogen-bond donors (Lipinski definition) is 4. The van der Waals surface area contributed by atoms with Crippen molar-refractivity contribution in [1.82, 2.24) is 25.2 Å². The van der Waals surface area contributed by atoms with E-state index >= 15 is 0 Å². The first-order valence-corrected chi connectivity index (χ1v) is 14.6. The van der Waals surface area contributed by atoms with Crippen LogP contribution in [-0.4, -0.2) is 53.8 Å². The van der Waals surface area contributed by atoms with Gasteiger partial charge in [0.05, 0.1) is 16.6 Å². The van der Waals surface area contributed by atoms with E-state index in [-0.39, 0.29) is 10.5 Å². The Morgan fingerprint density at radius 1 is 1.07 bits per heavy atom. The molecule has 0 spiro atoms. The molecule has 1 unspecified atom stereocenters. The van der Waals surface area contributed by atoms with Crippen LogP contribution in [0.1, 0.15) is 47.3 Å². The van der Waals surface area contributed by atoms with E-state index in [2.05, 4.69) is 30.5 Å². The van der Waals surface area contributed by atoms with E-state index in [1.54, 1.807) is 69.6 Å². The van der Waals surface area contributed by atoms with Gasteiger partial charge >= 0.3 is 5.97 Å². The van der Waals surface area contributed by atoms with Crippen LogP contribution in [0.5, 0.6) is 0 Å². The molecular weight excluding hydrogens is 544 g/mol. The van der Waals surface area contributed by atoms with Crippen LogP contribution in [0.4, 0.5) is 5.82 Å². The molecule has 1 amide bonds. The smallest absolute Gasteiger partial charge is 0.348 e. The number of sulfonamides is 1. The number of benzene rings is 2. The minimum atomic E-state index is -4.28. The Morgan fingerprint density at radius 3 is 2.49 bits per heavy atom. The largest absolute Gasteiger partial charge is 0.460 e. The molecule has 0 aliphatic carbocycles. The Kier molecular flexibility index (Phi) is 8.74. The van der Waals surface area contributed by atoms with Gasteiger partial charge in [-0.3, -0.25) is 9.89 Å². The summed E-state index contributed by atoms with van der Waals surface area (Å²) >= 11 is 0. The maximum absolute atomic E-state index is 13.7. The third-order valence-electron chi connectivity index (χ3n) is 6.52. The Balaban J connectivity index is 1.58. The van der Waals surface area contributed by atoms with Gasteiger partial charge in [0.15, 0.2) is 0 Å². The minimum Gasteiger partial charge on any atom is -0.460 e. The van der Waals surface area contributed by atoms with Gasteiger partial charge in [0, 0.05) is 30.1 Å². The van der Waals surface area contributed by atoms with E-state index in [9.17, 15) is 18.0 Å². The van der Waals surface area contributed by atoms with Crippen LogP contribution < -0.4 is 15.4 Å². The maximum atomic E-state index is 13.7. The number of aromatic nitrogens is 3. The number of carbonyl (C=O) groups is 2. The van der Waals surface area contributed by atoms with Crippen LogP contribution >= 0.6 is 0 Å². The van der Waals surface area contributed by atoms with Crippen molar-refractivity contribution in [2.24, 2.45) is 0 Å². The predicted molar refractivity (Wildman–Crippen MR) is 156 cm³/mol. The average molecular weight is 579 g/mol. The molecule has 0 radical (unpaired) electrons. The third-order valence-corrected chi connectivity index (χ3v) is 8.37. The molecule has 0 aliphatic rings. The molecule has 4 N–H and O–H groups in total. The van der Waals surface area contributed by atoms with Gasteiger partial charge in [-0.15, -0.1) is 0 Å². The molecule has 2 aromatic carbocycles. The summed E-state index contributed by atoms with van der Waals surface area (Å²) in [6.45, 7) is 8.65. The highest BCUT2D eigenvalue weighted by molar-refractivity contribution is 7.89. The molecule has 2 atom stereocenters. The SMILES string of the molecule is Cc1cc(C)c(S(=O)(=O)N[C@](C)(NC(=O)c2ccc3[nH]ncc3c2)C(=O)OC(C)CCNc2ccccn2)c(C)c1. The lowest BCUT2D eigenvalue weighted by Gasteiger charge is -2.31. The van der Waals surface area contributed by atoms with Crippen molar-refractivity contribution in [1.29, 1.82) is 0 Å². The van der Waals surface area contributed by atoms with Crippen LogP contribution in [0.2, 0.25) is 0 Å². The molecule has 2 aromatic heterocycles. The summed E-state index contributed by atoms with van der Waals surface area (Å²) in [5, 5.41) is 13.2. The van der Waals surface area contributed by atoms with E-state index < -0.39 is 33.7 Å². The summed E-state index contributed by atoms with van der Waals surface area (Å²) in [5.41, 5.74) is 0.730. The lowest BCUT2D eigenvalue weighted by Crippen LogP contribution is -2.64. The molecule has 0 saturated carbocycles. The second-order valence-corrected chi connectivity index (χ2v) is 11.9. The summed E-state index contributed by atoms with van der Waals surface area (Å²) < 4.78 is 35.4. The van der Waals surface area contributed by atoms with E-state index in [0.717, 1.165) is 11.1 Å². The van der Waals surface area contributed by atoms with Gasteiger partial charge in [0.25, 0.3) is 5.91 Å². The number of fused-ring (bicyclic) bond motifs is 1. The quantitative estimate of drug-likeness (QED) is 0.155. The number of H-pyrrole nitrogens is 1. The molecule has 4 aromatic rings. The Bertz CT molecular complexity index is 1650. The predicted octanol–water partition coefficient (Wildman–Crippen LogP) is 3.74. The molecule has 4 rings (SSSR count). The highest BCUT2D eigenvalue weighted by Gasteiger charge is 2.42. The molecule has 0 saturated heterocycles. The van der Waals surface area contributed by atoms with Crippen LogP contribution in [-0.2, 0) is 19.6 Å². The molecule has 0 bridgehead atoms. The number of esters is 1. The van der Waals surface area contributed by atoms with Gasteiger partial charge < -0.3 is 15.4 Å². The molecule has 0 aliphatic heterocycles. The van der Waals surface area contributed by atoms with Gasteiger partial charge in [-0.25, -0.2) is 18.2 Å². The van der Waals surface area contributed by atoms with Gasteiger partial charge in [0.1, 0.15) is 11.9 Å². The number of ether oxygens (including phenoxy) is 1. The fourth-order valence-electron chi connectivity index (χ4n) is 4.64. The van der Waals surface area contributed by atoms with Gasteiger partial charge in [-0.2, -0.15) is 9.82 Å². The first-order chi connectivity index (χ1) is 19.4. The number of anilines is 1. The lowest BCUT2D eigenvalue weighted by molar-refractivity contribution is -0.156. The van der Waals surface area contributed by atoms with E-state index in [1.165, 1.54) is 6.92 Å². The zero-order chi connectivity index (χ0) is 29.8. The van der Waals surface area contributed by atoms with Gasteiger partial charge in [0.2, 0.25) is 15.7 Å². The number of nitrogens with one attached hydrogen (secondary N) is 4. The van der Waals surface area contributed by atoms with E-state index in [0.29, 0.717) is 35.3 Å². The molecule has 0 fully saturated rings. The van der Waals surface area contributed by atoms with Crippen LogP contribution in [0, 0.1) is 20.8 Å². The van der Waals surface area contributed by atoms with Crippen molar-refractivity contribution < 1.29 is 22.7 Å². The first-order valence-electron chi connectivity index (χ1n) is 13.1. The van der Waals surface area contributed by atoms with Crippen molar-refractivity contribution in [3.8, 4) is 0 Å². The molecule has 12 heteroatoms. The zero-order valence-electron chi connectivity index (χ0n) is 23.6. The molecule has 2 heterocycles. The van der Waals surface area contributed by atoms with Crippen molar-refractivity contribution in [2.45, 2.75) is 57.7 Å². The Labute approximate surface area is 239 Å². The minimum absolute atomic E-state index is 0.0313.